The Labute approximate surface area is 82.5 Å². The highest BCUT2D eigenvalue weighted by atomic mass is 16.3. The molecule has 76 valence electrons. The van der Waals surface area contributed by atoms with Gasteiger partial charge in [-0.15, -0.1) is 0 Å². The van der Waals surface area contributed by atoms with E-state index in [0.717, 1.165) is 6.42 Å². The molecule has 0 aromatic rings. The summed E-state index contributed by atoms with van der Waals surface area (Å²) in [6, 6.07) is 0. The highest BCUT2D eigenvalue weighted by Gasteiger charge is 2.19. The van der Waals surface area contributed by atoms with Crippen LogP contribution >= 0.6 is 0 Å². The monoisotopic (exact) mass is 182 g/mol. The first-order chi connectivity index (χ1) is 5.63. The summed E-state index contributed by atoms with van der Waals surface area (Å²) in [5, 5.41) is 9.61. The lowest BCUT2D eigenvalue weighted by Gasteiger charge is -2.21. The van der Waals surface area contributed by atoms with Gasteiger partial charge in [-0.3, -0.25) is 0 Å². The Hall–Kier alpha value is -0.480. The van der Waals surface area contributed by atoms with Gasteiger partial charge in [0, 0.05) is 6.42 Å². The first kappa shape index (κ1) is 12.5. The van der Waals surface area contributed by atoms with Gasteiger partial charge in [-0.05, 0) is 10.8 Å². The minimum Gasteiger partial charge on any atom is -0.380 e. The van der Waals surface area contributed by atoms with E-state index in [1.54, 1.807) is 0 Å². The molecule has 0 saturated heterocycles. The van der Waals surface area contributed by atoms with Crippen molar-refractivity contribution in [2.45, 2.75) is 54.1 Å². The molecule has 0 amide bonds. The lowest BCUT2D eigenvalue weighted by atomic mass is 9.88. The maximum absolute atomic E-state index is 9.61. The third kappa shape index (κ3) is 6.66. The van der Waals surface area contributed by atoms with Crippen LogP contribution in [0.25, 0.3) is 0 Å². The Bertz CT molecular complexity index is 204. The molecule has 1 nitrogen and oxygen atoms in total. The smallest absolute Gasteiger partial charge is 0.119 e. The molecule has 0 bridgehead atoms. The Morgan fingerprint density at radius 3 is 1.85 bits per heavy atom. The zero-order valence-electron chi connectivity index (χ0n) is 9.73. The fourth-order valence-electron chi connectivity index (χ4n) is 0.629. The largest absolute Gasteiger partial charge is 0.380 e. The highest BCUT2D eigenvalue weighted by molar-refractivity contribution is 5.09. The van der Waals surface area contributed by atoms with Crippen molar-refractivity contribution in [2.24, 2.45) is 10.8 Å². The Balaban J connectivity index is 4.13. The predicted octanol–water partition coefficient (Wildman–Crippen LogP) is 2.83. The molecule has 0 heterocycles. The molecule has 13 heavy (non-hydrogen) atoms. The molecule has 1 N–H and O–H groups in total. The van der Waals surface area contributed by atoms with E-state index in [9.17, 15) is 5.11 Å². The van der Waals surface area contributed by atoms with Crippen LogP contribution in [0.15, 0.2) is 0 Å². The fourth-order valence-corrected chi connectivity index (χ4v) is 0.629. The lowest BCUT2D eigenvalue weighted by molar-refractivity contribution is 0.114. The van der Waals surface area contributed by atoms with Crippen LogP contribution in [0.4, 0.5) is 0 Å². The molecule has 0 aromatic carbocycles. The third-order valence-corrected chi connectivity index (χ3v) is 1.68. The van der Waals surface area contributed by atoms with Crippen LogP contribution in [0.5, 0.6) is 0 Å². The third-order valence-electron chi connectivity index (χ3n) is 1.68. The van der Waals surface area contributed by atoms with Gasteiger partial charge in [0.1, 0.15) is 6.10 Å². The summed E-state index contributed by atoms with van der Waals surface area (Å²) in [4.78, 5) is 0. The van der Waals surface area contributed by atoms with E-state index in [-0.39, 0.29) is 10.8 Å². The molecule has 0 radical (unpaired) electrons. The Morgan fingerprint density at radius 2 is 1.54 bits per heavy atom. The van der Waals surface area contributed by atoms with Gasteiger partial charge < -0.3 is 5.11 Å². The standard InChI is InChI=1S/C12H22O/c1-11(2,3)9-7-8-10(13)12(4,5)6/h10,13H,9H2,1-6H3. The van der Waals surface area contributed by atoms with E-state index in [0.29, 0.717) is 0 Å². The van der Waals surface area contributed by atoms with Gasteiger partial charge in [-0.25, -0.2) is 0 Å². The molecule has 1 heteroatoms. The number of aliphatic hydroxyl groups excluding tert-OH is 1. The number of hydrogen-bond acceptors (Lipinski definition) is 1. The van der Waals surface area contributed by atoms with Crippen molar-refractivity contribution >= 4 is 0 Å². The minimum atomic E-state index is -0.519. The van der Waals surface area contributed by atoms with Crippen molar-refractivity contribution in [1.29, 1.82) is 0 Å². The van der Waals surface area contributed by atoms with Crippen LogP contribution in [-0.4, -0.2) is 11.2 Å². The topological polar surface area (TPSA) is 20.2 Å². The molecule has 0 aromatic heterocycles. The summed E-state index contributed by atoms with van der Waals surface area (Å²) in [5.41, 5.74) is 0.0927. The molecule has 1 atom stereocenters. The summed E-state index contributed by atoms with van der Waals surface area (Å²) in [6.45, 7) is 12.4. The van der Waals surface area contributed by atoms with Crippen molar-refractivity contribution in [3.63, 3.8) is 0 Å². The molecular weight excluding hydrogens is 160 g/mol. The van der Waals surface area contributed by atoms with Crippen LogP contribution in [0.1, 0.15) is 48.0 Å². The first-order valence-corrected chi connectivity index (χ1v) is 4.79. The molecular formula is C12H22O. The average Bonchev–Trinajstić information content (AvgIpc) is 1.82. The SMILES string of the molecule is CC(C)(C)CC#CC(O)C(C)(C)C. The predicted molar refractivity (Wildman–Crippen MR) is 57.3 cm³/mol. The molecule has 0 saturated carbocycles. The summed E-state index contributed by atoms with van der Waals surface area (Å²) in [7, 11) is 0. The quantitative estimate of drug-likeness (QED) is 0.571. The zero-order chi connectivity index (χ0) is 10.7. The van der Waals surface area contributed by atoms with Crippen molar-refractivity contribution in [3.8, 4) is 11.8 Å². The van der Waals surface area contributed by atoms with E-state index in [1.807, 2.05) is 20.8 Å². The van der Waals surface area contributed by atoms with E-state index in [4.69, 9.17) is 0 Å². The molecule has 0 fully saturated rings. The maximum Gasteiger partial charge on any atom is 0.119 e. The minimum absolute atomic E-state index is 0.134. The summed E-state index contributed by atoms with van der Waals surface area (Å²) >= 11 is 0. The van der Waals surface area contributed by atoms with E-state index in [2.05, 4.69) is 32.6 Å². The van der Waals surface area contributed by atoms with Gasteiger partial charge in [0.05, 0.1) is 0 Å². The fraction of sp³-hybridized carbons (Fsp3) is 0.833. The molecule has 0 rings (SSSR count). The summed E-state index contributed by atoms with van der Waals surface area (Å²) < 4.78 is 0. The van der Waals surface area contributed by atoms with E-state index < -0.39 is 6.10 Å². The van der Waals surface area contributed by atoms with Gasteiger partial charge in [0.25, 0.3) is 0 Å². The second kappa shape index (κ2) is 4.15. The second-order valence-corrected chi connectivity index (χ2v) is 5.83. The summed E-state index contributed by atoms with van der Waals surface area (Å²) in [6.07, 6.45) is 0.315. The lowest BCUT2D eigenvalue weighted by Crippen LogP contribution is -2.24. The van der Waals surface area contributed by atoms with Crippen molar-refractivity contribution in [1.82, 2.24) is 0 Å². The number of hydrogen-bond donors (Lipinski definition) is 1. The Morgan fingerprint density at radius 1 is 1.08 bits per heavy atom. The van der Waals surface area contributed by atoms with Crippen molar-refractivity contribution < 1.29 is 5.11 Å². The van der Waals surface area contributed by atoms with Crippen molar-refractivity contribution in [3.05, 3.63) is 0 Å². The molecule has 0 spiro atoms. The van der Waals surface area contributed by atoms with Gasteiger partial charge in [0.15, 0.2) is 0 Å². The normalized spacial score (nSPS) is 14.7. The van der Waals surface area contributed by atoms with Crippen LogP contribution in [0, 0.1) is 22.7 Å². The average molecular weight is 182 g/mol. The van der Waals surface area contributed by atoms with Gasteiger partial charge >= 0.3 is 0 Å². The first-order valence-electron chi connectivity index (χ1n) is 4.79. The van der Waals surface area contributed by atoms with E-state index >= 15 is 0 Å². The zero-order valence-corrected chi connectivity index (χ0v) is 9.73. The Kier molecular flexibility index (Phi) is 4.00. The molecule has 0 aliphatic heterocycles. The van der Waals surface area contributed by atoms with E-state index in [1.165, 1.54) is 0 Å². The van der Waals surface area contributed by atoms with Gasteiger partial charge in [-0.2, -0.15) is 0 Å². The van der Waals surface area contributed by atoms with Gasteiger partial charge in [-0.1, -0.05) is 53.4 Å². The second-order valence-electron chi connectivity index (χ2n) is 5.83. The molecule has 0 aliphatic rings. The number of rotatable bonds is 0. The van der Waals surface area contributed by atoms with Crippen LogP contribution in [0.2, 0.25) is 0 Å². The van der Waals surface area contributed by atoms with Crippen LogP contribution in [-0.2, 0) is 0 Å². The number of aliphatic hydroxyl groups is 1. The van der Waals surface area contributed by atoms with Crippen molar-refractivity contribution in [2.75, 3.05) is 0 Å². The molecule has 1 unspecified atom stereocenters. The maximum atomic E-state index is 9.61. The highest BCUT2D eigenvalue weighted by Crippen LogP contribution is 2.20. The van der Waals surface area contributed by atoms with Crippen LogP contribution < -0.4 is 0 Å². The van der Waals surface area contributed by atoms with Crippen LogP contribution in [0.3, 0.4) is 0 Å². The van der Waals surface area contributed by atoms with Gasteiger partial charge in [0.2, 0.25) is 0 Å². The summed E-state index contributed by atoms with van der Waals surface area (Å²) in [5.74, 6) is 5.92. The molecule has 0 aliphatic carbocycles.